The summed E-state index contributed by atoms with van der Waals surface area (Å²) in [5.41, 5.74) is 24.0. The van der Waals surface area contributed by atoms with E-state index in [4.69, 9.17) is 24.9 Å². The molecule has 0 atom stereocenters. The molecule has 0 radical (unpaired) electrons. The first-order valence-corrected chi connectivity index (χ1v) is 35.8. The minimum atomic E-state index is 0.586. The van der Waals surface area contributed by atoms with E-state index in [1.807, 2.05) is 72.8 Å². The Labute approximate surface area is 610 Å². The Balaban J connectivity index is 0.000000141. The maximum absolute atomic E-state index is 5.13. The standard InChI is InChI=1S/C52H34N4.C45H29N5/c1-4-15-35(16-5-1)46-34-47(36-17-6-2-7-18-36)54-52(53-46)39-19-14-22-41(31-39)56-49-26-13-11-24-43(49)45-33-38(28-30-51(45)56)37-27-29-50-44(32-37)42-23-10-12-25-48(42)55(50)40-20-8-3-9-21-40;1-4-14-30(15-5-1)43-46-44(31-16-6-2-7-17-31)48-45(47-43)50-40-23-13-10-20-35(40)37-26-24-33(29-42(37)50)32-25-27-41-38(28-32)36-21-11-12-22-39(36)49(41)34-18-8-3-9-19-34/h1-34H;1-29H. The summed E-state index contributed by atoms with van der Waals surface area (Å²) < 4.78 is 9.28. The molecule has 106 heavy (non-hydrogen) atoms. The van der Waals surface area contributed by atoms with Crippen molar-refractivity contribution in [2.24, 2.45) is 0 Å². The zero-order valence-electron chi connectivity index (χ0n) is 57.4. The molecule has 0 bridgehead atoms. The topological polar surface area (TPSA) is 84.2 Å². The van der Waals surface area contributed by atoms with E-state index in [1.54, 1.807) is 0 Å². The number of hydrogen-bond donors (Lipinski definition) is 0. The Morgan fingerprint density at radius 3 is 0.887 bits per heavy atom. The van der Waals surface area contributed by atoms with Gasteiger partial charge in [0.05, 0.1) is 55.5 Å². The van der Waals surface area contributed by atoms with Gasteiger partial charge in [-0.05, 0) is 131 Å². The van der Waals surface area contributed by atoms with E-state index in [0.717, 1.165) is 100 Å². The molecular formula is C97H63N9. The van der Waals surface area contributed by atoms with Crippen LogP contribution in [0, 0.1) is 0 Å². The summed E-state index contributed by atoms with van der Waals surface area (Å²) >= 11 is 0. The summed E-state index contributed by atoms with van der Waals surface area (Å²) in [6.45, 7) is 0. The van der Waals surface area contributed by atoms with Crippen LogP contribution in [-0.4, -0.2) is 43.2 Å². The van der Waals surface area contributed by atoms with Crippen molar-refractivity contribution >= 4 is 87.2 Å². The van der Waals surface area contributed by atoms with Gasteiger partial charge in [0.2, 0.25) is 5.95 Å². The van der Waals surface area contributed by atoms with E-state index < -0.39 is 0 Å². The van der Waals surface area contributed by atoms with Crippen LogP contribution in [0.1, 0.15) is 0 Å². The molecule has 6 aromatic heterocycles. The van der Waals surface area contributed by atoms with Crippen molar-refractivity contribution in [2.75, 3.05) is 0 Å². The Bertz CT molecular complexity index is 6810. The lowest BCUT2D eigenvalue weighted by Crippen LogP contribution is -2.06. The number of aromatic nitrogens is 9. The predicted octanol–water partition coefficient (Wildman–Crippen LogP) is 24.4. The van der Waals surface area contributed by atoms with Crippen molar-refractivity contribution < 1.29 is 0 Å². The summed E-state index contributed by atoms with van der Waals surface area (Å²) in [5.74, 6) is 2.55. The molecule has 0 aliphatic heterocycles. The molecule has 496 valence electrons. The van der Waals surface area contributed by atoms with Crippen LogP contribution in [0.15, 0.2) is 382 Å². The molecule has 0 N–H and O–H groups in total. The summed E-state index contributed by atoms with van der Waals surface area (Å²) in [6.07, 6.45) is 0. The number of nitrogens with zero attached hydrogens (tertiary/aromatic N) is 9. The molecule has 0 spiro atoms. The van der Waals surface area contributed by atoms with Crippen molar-refractivity contribution in [3.8, 4) is 102 Å². The monoisotopic (exact) mass is 1350 g/mol. The van der Waals surface area contributed by atoms with Gasteiger partial charge < -0.3 is 13.7 Å². The average molecular weight is 1350 g/mol. The first kappa shape index (κ1) is 61.5. The second-order valence-electron chi connectivity index (χ2n) is 26.8. The molecule has 6 heterocycles. The van der Waals surface area contributed by atoms with Gasteiger partial charge in [-0.3, -0.25) is 4.57 Å². The lowest BCUT2D eigenvalue weighted by Gasteiger charge is -2.12. The number of rotatable bonds is 11. The van der Waals surface area contributed by atoms with Gasteiger partial charge in [-0.25, -0.2) is 15.0 Å². The molecule has 0 unspecified atom stereocenters. The molecule has 0 fully saturated rings. The molecule has 9 nitrogen and oxygen atoms in total. The fourth-order valence-corrected chi connectivity index (χ4v) is 15.6. The minimum Gasteiger partial charge on any atom is -0.309 e. The molecule has 9 heteroatoms. The van der Waals surface area contributed by atoms with E-state index in [2.05, 4.69) is 328 Å². The van der Waals surface area contributed by atoms with Crippen molar-refractivity contribution in [1.82, 2.24) is 43.2 Å². The zero-order valence-corrected chi connectivity index (χ0v) is 57.4. The highest BCUT2D eigenvalue weighted by atomic mass is 15.2. The highest BCUT2D eigenvalue weighted by Crippen LogP contribution is 2.42. The summed E-state index contributed by atoms with van der Waals surface area (Å²) in [6, 6.07) is 135. The van der Waals surface area contributed by atoms with Crippen molar-refractivity contribution in [2.45, 2.75) is 0 Å². The van der Waals surface area contributed by atoms with Crippen LogP contribution < -0.4 is 0 Å². The van der Waals surface area contributed by atoms with Crippen LogP contribution in [0.2, 0.25) is 0 Å². The highest BCUT2D eigenvalue weighted by Gasteiger charge is 2.22. The van der Waals surface area contributed by atoms with Gasteiger partial charge in [0.1, 0.15) is 0 Å². The third-order valence-electron chi connectivity index (χ3n) is 20.5. The maximum atomic E-state index is 5.13. The third kappa shape index (κ3) is 10.8. The Morgan fingerprint density at radius 2 is 0.453 bits per heavy atom. The third-order valence-corrected chi connectivity index (χ3v) is 20.5. The maximum Gasteiger partial charge on any atom is 0.238 e. The molecule has 0 aliphatic carbocycles. The zero-order chi connectivity index (χ0) is 70.0. The Morgan fingerprint density at radius 1 is 0.151 bits per heavy atom. The van der Waals surface area contributed by atoms with Crippen LogP contribution in [-0.2, 0) is 0 Å². The van der Waals surface area contributed by atoms with Gasteiger partial charge >= 0.3 is 0 Å². The lowest BCUT2D eigenvalue weighted by molar-refractivity contribution is 0.953. The fourth-order valence-electron chi connectivity index (χ4n) is 15.6. The van der Waals surface area contributed by atoms with Gasteiger partial charge in [-0.15, -0.1) is 0 Å². The van der Waals surface area contributed by atoms with E-state index in [1.165, 1.54) is 65.5 Å². The molecule has 0 aliphatic rings. The van der Waals surface area contributed by atoms with Gasteiger partial charge in [0, 0.05) is 88.0 Å². The number of benzene rings is 15. The number of para-hydroxylation sites is 6. The van der Waals surface area contributed by atoms with Gasteiger partial charge in [-0.2, -0.15) is 9.97 Å². The second kappa shape index (κ2) is 25.9. The Kier molecular flexibility index (Phi) is 15.0. The smallest absolute Gasteiger partial charge is 0.238 e. The minimum absolute atomic E-state index is 0.586. The van der Waals surface area contributed by atoms with E-state index in [0.29, 0.717) is 23.4 Å². The molecule has 21 rings (SSSR count). The predicted molar refractivity (Wildman–Crippen MR) is 437 cm³/mol. The first-order valence-electron chi connectivity index (χ1n) is 35.8. The van der Waals surface area contributed by atoms with Crippen LogP contribution in [0.25, 0.3) is 189 Å². The molecule has 0 saturated carbocycles. The van der Waals surface area contributed by atoms with Crippen molar-refractivity contribution in [1.29, 1.82) is 0 Å². The Hall–Kier alpha value is -14.4. The van der Waals surface area contributed by atoms with Crippen LogP contribution in [0.5, 0.6) is 0 Å². The quantitative estimate of drug-likeness (QED) is 0.129. The number of hydrogen-bond acceptors (Lipinski definition) is 5. The van der Waals surface area contributed by atoms with Gasteiger partial charge in [-0.1, -0.05) is 273 Å². The summed E-state index contributed by atoms with van der Waals surface area (Å²) in [5, 5.41) is 9.67. The summed E-state index contributed by atoms with van der Waals surface area (Å²) in [7, 11) is 0. The average Bonchev–Trinajstić information content (AvgIpc) is 1.61. The highest BCUT2D eigenvalue weighted by molar-refractivity contribution is 6.15. The van der Waals surface area contributed by atoms with Crippen molar-refractivity contribution in [3.63, 3.8) is 0 Å². The van der Waals surface area contributed by atoms with Gasteiger partial charge in [0.25, 0.3) is 0 Å². The molecule has 15 aromatic carbocycles. The molecular weight excluding hydrogens is 1290 g/mol. The van der Waals surface area contributed by atoms with E-state index in [-0.39, 0.29) is 0 Å². The lowest BCUT2D eigenvalue weighted by atomic mass is 10.0. The first-order chi connectivity index (χ1) is 52.6. The van der Waals surface area contributed by atoms with Crippen LogP contribution in [0.4, 0.5) is 0 Å². The summed E-state index contributed by atoms with van der Waals surface area (Å²) in [4.78, 5) is 25.4. The fraction of sp³-hybridized carbons (Fsp3) is 0. The molecule has 0 amide bonds. The normalized spacial score (nSPS) is 11.6. The number of fused-ring (bicyclic) bond motifs is 12. The molecule has 21 aromatic rings. The second-order valence-corrected chi connectivity index (χ2v) is 26.8. The largest absolute Gasteiger partial charge is 0.309 e. The van der Waals surface area contributed by atoms with Crippen LogP contribution in [0.3, 0.4) is 0 Å². The SMILES string of the molecule is c1ccc(-c2cc(-c3ccccc3)nc(-c3cccc(-n4c5ccccc5c5cc(-c6ccc7c(c6)c6ccccc6n7-c6ccccc6)ccc54)c3)n2)cc1.c1ccc(-c2nc(-c3ccccc3)nc(-n3c4ccccc4c4ccc(-c5ccc6c(c5)c5ccccc5n6-c5ccccc5)cc43)n2)cc1. The molecule has 0 saturated heterocycles. The van der Waals surface area contributed by atoms with Gasteiger partial charge in [0.15, 0.2) is 17.5 Å². The van der Waals surface area contributed by atoms with Crippen LogP contribution >= 0.6 is 0 Å². The van der Waals surface area contributed by atoms with Crippen molar-refractivity contribution in [3.05, 3.63) is 382 Å². The van der Waals surface area contributed by atoms with E-state index >= 15 is 0 Å². The van der Waals surface area contributed by atoms with E-state index in [9.17, 15) is 0 Å².